The summed E-state index contributed by atoms with van der Waals surface area (Å²) in [6, 6.07) is 5.13. The molecule has 0 heterocycles. The molecule has 1 aliphatic carbocycles. The van der Waals surface area contributed by atoms with Crippen molar-refractivity contribution in [1.29, 1.82) is 0 Å². The second-order valence-electron chi connectivity index (χ2n) is 5.68. The van der Waals surface area contributed by atoms with Crippen LogP contribution in [0.5, 0.6) is 5.75 Å². The number of amides is 1. The molecule has 0 saturated heterocycles. The number of hydrogen-bond acceptors (Lipinski definition) is 4. The van der Waals surface area contributed by atoms with Crippen LogP contribution in [-0.4, -0.2) is 31.6 Å². The van der Waals surface area contributed by atoms with Crippen LogP contribution in [0.25, 0.3) is 0 Å². The Morgan fingerprint density at radius 2 is 1.91 bits per heavy atom. The smallest absolute Gasteiger partial charge is 0.337 e. The largest absolute Gasteiger partial charge is 0.483 e. The first-order valence-electron chi connectivity index (χ1n) is 7.90. The van der Waals surface area contributed by atoms with Gasteiger partial charge in [0.25, 0.3) is 5.91 Å². The predicted octanol–water partition coefficient (Wildman–Crippen LogP) is 3.45. The van der Waals surface area contributed by atoms with Crippen molar-refractivity contribution in [2.75, 3.05) is 13.7 Å². The van der Waals surface area contributed by atoms with Gasteiger partial charge in [0.1, 0.15) is 5.75 Å². The number of carbonyl (C=O) groups is 2. The molecule has 0 atom stereocenters. The van der Waals surface area contributed by atoms with Gasteiger partial charge in [0.15, 0.2) is 6.61 Å². The minimum absolute atomic E-state index is 0.0350. The fourth-order valence-corrected chi connectivity index (χ4v) is 3.19. The highest BCUT2D eigenvalue weighted by molar-refractivity contribution is 9.10. The maximum absolute atomic E-state index is 12.0. The molecule has 6 heteroatoms. The van der Waals surface area contributed by atoms with Crippen LogP contribution in [0.2, 0.25) is 0 Å². The Labute approximate surface area is 144 Å². The summed E-state index contributed by atoms with van der Waals surface area (Å²) in [6.45, 7) is -0.0350. The van der Waals surface area contributed by atoms with E-state index in [1.54, 1.807) is 18.2 Å². The summed E-state index contributed by atoms with van der Waals surface area (Å²) < 4.78 is 10.8. The van der Waals surface area contributed by atoms with Crippen LogP contribution in [-0.2, 0) is 9.53 Å². The maximum Gasteiger partial charge on any atom is 0.337 e. The van der Waals surface area contributed by atoms with E-state index in [0.717, 1.165) is 12.8 Å². The Balaban J connectivity index is 1.85. The van der Waals surface area contributed by atoms with Crippen LogP contribution in [0.3, 0.4) is 0 Å². The van der Waals surface area contributed by atoms with E-state index in [0.29, 0.717) is 15.8 Å². The summed E-state index contributed by atoms with van der Waals surface area (Å²) in [6.07, 6.45) is 6.94. The van der Waals surface area contributed by atoms with E-state index in [2.05, 4.69) is 26.0 Å². The SMILES string of the molecule is COC(=O)c1ccc(OCC(=O)NC2CCCCCC2)c(Br)c1. The monoisotopic (exact) mass is 383 g/mol. The van der Waals surface area contributed by atoms with Gasteiger partial charge in [0, 0.05) is 6.04 Å². The molecule has 0 aliphatic heterocycles. The van der Waals surface area contributed by atoms with Crippen molar-refractivity contribution >= 4 is 27.8 Å². The summed E-state index contributed by atoms with van der Waals surface area (Å²) in [4.78, 5) is 23.4. The molecule has 126 valence electrons. The van der Waals surface area contributed by atoms with Crippen LogP contribution >= 0.6 is 15.9 Å². The molecule has 1 aliphatic rings. The molecule has 5 nitrogen and oxygen atoms in total. The van der Waals surface area contributed by atoms with E-state index in [9.17, 15) is 9.59 Å². The summed E-state index contributed by atoms with van der Waals surface area (Å²) in [5, 5.41) is 3.03. The lowest BCUT2D eigenvalue weighted by Crippen LogP contribution is -2.37. The third-order valence-electron chi connectivity index (χ3n) is 3.93. The van der Waals surface area contributed by atoms with Crippen molar-refractivity contribution in [3.8, 4) is 5.75 Å². The van der Waals surface area contributed by atoms with Gasteiger partial charge in [-0.2, -0.15) is 0 Å². The van der Waals surface area contributed by atoms with Gasteiger partial charge >= 0.3 is 5.97 Å². The van der Waals surface area contributed by atoms with Gasteiger partial charge in [-0.1, -0.05) is 25.7 Å². The fourth-order valence-electron chi connectivity index (χ4n) is 2.70. The molecular weight excluding hydrogens is 362 g/mol. The van der Waals surface area contributed by atoms with Crippen LogP contribution in [0.4, 0.5) is 0 Å². The predicted molar refractivity (Wildman–Crippen MR) is 90.6 cm³/mol. The molecule has 1 fully saturated rings. The van der Waals surface area contributed by atoms with Gasteiger partial charge in [-0.05, 0) is 47.0 Å². The first-order chi connectivity index (χ1) is 11.1. The minimum Gasteiger partial charge on any atom is -0.483 e. The zero-order chi connectivity index (χ0) is 16.7. The van der Waals surface area contributed by atoms with E-state index >= 15 is 0 Å². The number of nitrogens with one attached hydrogen (secondary N) is 1. The van der Waals surface area contributed by atoms with E-state index < -0.39 is 5.97 Å². The van der Waals surface area contributed by atoms with Gasteiger partial charge in [-0.25, -0.2) is 4.79 Å². The second kappa shape index (κ2) is 8.91. The van der Waals surface area contributed by atoms with Crippen molar-refractivity contribution in [3.63, 3.8) is 0 Å². The van der Waals surface area contributed by atoms with Gasteiger partial charge in [0.2, 0.25) is 0 Å². The van der Waals surface area contributed by atoms with E-state index in [1.165, 1.54) is 32.8 Å². The first kappa shape index (κ1) is 17.8. The van der Waals surface area contributed by atoms with Crippen molar-refractivity contribution in [2.24, 2.45) is 0 Å². The molecule has 1 aromatic rings. The Bertz CT molecular complexity index is 554. The average molecular weight is 384 g/mol. The highest BCUT2D eigenvalue weighted by atomic mass is 79.9. The van der Waals surface area contributed by atoms with Crippen molar-refractivity contribution < 1.29 is 19.1 Å². The number of halogens is 1. The molecule has 1 saturated carbocycles. The number of esters is 1. The molecule has 1 aromatic carbocycles. The minimum atomic E-state index is -0.414. The number of methoxy groups -OCH3 is 1. The van der Waals surface area contributed by atoms with Crippen LogP contribution in [0.1, 0.15) is 48.9 Å². The lowest BCUT2D eigenvalue weighted by Gasteiger charge is -2.16. The van der Waals surface area contributed by atoms with Gasteiger partial charge < -0.3 is 14.8 Å². The Kier molecular flexibility index (Phi) is 6.89. The van der Waals surface area contributed by atoms with Crippen molar-refractivity contribution in [1.82, 2.24) is 5.32 Å². The average Bonchev–Trinajstić information content (AvgIpc) is 2.81. The molecule has 0 radical (unpaired) electrons. The van der Waals surface area contributed by atoms with Crippen LogP contribution in [0, 0.1) is 0 Å². The van der Waals surface area contributed by atoms with Gasteiger partial charge in [-0.15, -0.1) is 0 Å². The third kappa shape index (κ3) is 5.53. The standard InChI is InChI=1S/C17H22BrNO4/c1-22-17(21)12-8-9-15(14(18)10-12)23-11-16(20)19-13-6-4-2-3-5-7-13/h8-10,13H,2-7,11H2,1H3,(H,19,20). The maximum atomic E-state index is 12.0. The van der Waals surface area contributed by atoms with Gasteiger partial charge in [0.05, 0.1) is 17.1 Å². The molecule has 2 rings (SSSR count). The van der Waals surface area contributed by atoms with E-state index in [-0.39, 0.29) is 18.6 Å². The zero-order valence-electron chi connectivity index (χ0n) is 13.3. The number of benzene rings is 1. The number of ether oxygens (including phenoxy) is 2. The molecule has 1 amide bonds. The number of carbonyl (C=O) groups excluding carboxylic acids is 2. The molecule has 0 unspecified atom stereocenters. The van der Waals surface area contributed by atoms with Gasteiger partial charge in [-0.3, -0.25) is 4.79 Å². The third-order valence-corrected chi connectivity index (χ3v) is 4.55. The Hall–Kier alpha value is -1.56. The molecular formula is C17H22BrNO4. The molecule has 0 aromatic heterocycles. The number of rotatable bonds is 5. The first-order valence-corrected chi connectivity index (χ1v) is 8.69. The second-order valence-corrected chi connectivity index (χ2v) is 6.54. The highest BCUT2D eigenvalue weighted by Gasteiger charge is 2.15. The molecule has 0 spiro atoms. The molecule has 23 heavy (non-hydrogen) atoms. The normalized spacial score (nSPS) is 15.6. The van der Waals surface area contributed by atoms with Crippen molar-refractivity contribution in [2.45, 2.75) is 44.6 Å². The molecule has 1 N–H and O–H groups in total. The number of hydrogen-bond donors (Lipinski definition) is 1. The van der Waals surface area contributed by atoms with Crippen LogP contribution in [0.15, 0.2) is 22.7 Å². The Morgan fingerprint density at radius 3 is 2.52 bits per heavy atom. The quantitative estimate of drug-likeness (QED) is 0.624. The van der Waals surface area contributed by atoms with Crippen molar-refractivity contribution in [3.05, 3.63) is 28.2 Å². The lowest BCUT2D eigenvalue weighted by atomic mass is 10.1. The highest BCUT2D eigenvalue weighted by Crippen LogP contribution is 2.26. The fraction of sp³-hybridized carbons (Fsp3) is 0.529. The summed E-state index contributed by atoms with van der Waals surface area (Å²) in [7, 11) is 1.33. The summed E-state index contributed by atoms with van der Waals surface area (Å²) in [5.74, 6) is -0.00197. The lowest BCUT2D eigenvalue weighted by molar-refractivity contribution is -0.123. The molecule has 0 bridgehead atoms. The zero-order valence-corrected chi connectivity index (χ0v) is 14.9. The summed E-state index contributed by atoms with van der Waals surface area (Å²) >= 11 is 3.34. The van der Waals surface area contributed by atoms with Crippen LogP contribution < -0.4 is 10.1 Å². The Morgan fingerprint density at radius 1 is 1.22 bits per heavy atom. The summed E-state index contributed by atoms with van der Waals surface area (Å²) in [5.41, 5.74) is 0.426. The topological polar surface area (TPSA) is 64.6 Å². The van der Waals surface area contributed by atoms with E-state index in [4.69, 9.17) is 4.74 Å². The van der Waals surface area contributed by atoms with E-state index in [1.807, 2.05) is 0 Å².